The van der Waals surface area contributed by atoms with E-state index < -0.39 is 11.7 Å². The van der Waals surface area contributed by atoms with E-state index in [4.69, 9.17) is 4.84 Å². The van der Waals surface area contributed by atoms with Gasteiger partial charge in [-0.3, -0.25) is 9.52 Å². The first-order chi connectivity index (χ1) is 13.4. The number of anilines is 3. The Kier molecular flexibility index (Phi) is 4.63. The Labute approximate surface area is 158 Å². The third-order valence-corrected chi connectivity index (χ3v) is 4.33. The van der Waals surface area contributed by atoms with Crippen LogP contribution >= 0.6 is 0 Å². The van der Waals surface area contributed by atoms with Crippen LogP contribution in [0.1, 0.15) is 23.6 Å². The van der Waals surface area contributed by atoms with E-state index in [0.29, 0.717) is 18.8 Å². The van der Waals surface area contributed by atoms with Crippen LogP contribution in [0.3, 0.4) is 0 Å². The summed E-state index contributed by atoms with van der Waals surface area (Å²) < 4.78 is 42.3. The Morgan fingerprint density at radius 1 is 1.18 bits per heavy atom. The molecule has 1 aliphatic heterocycles. The van der Waals surface area contributed by atoms with Crippen molar-refractivity contribution in [3.05, 3.63) is 59.9 Å². The van der Waals surface area contributed by atoms with Gasteiger partial charge in [-0.25, -0.2) is 10.0 Å². The zero-order chi connectivity index (χ0) is 19.7. The molecule has 2 aromatic heterocycles. The first-order valence-electron chi connectivity index (χ1n) is 8.60. The number of hydroxylamine groups is 1. The van der Waals surface area contributed by atoms with Gasteiger partial charge in [0.1, 0.15) is 5.56 Å². The lowest BCUT2D eigenvalue weighted by Gasteiger charge is -2.26. The molecule has 28 heavy (non-hydrogen) atoms. The Hall–Kier alpha value is -3.14. The highest BCUT2D eigenvalue weighted by molar-refractivity contribution is 5.55. The van der Waals surface area contributed by atoms with Crippen molar-refractivity contribution in [2.75, 3.05) is 17.0 Å². The smallest absolute Gasteiger partial charge is 0.307 e. The van der Waals surface area contributed by atoms with E-state index in [1.807, 2.05) is 30.3 Å². The number of hydrogen-bond donors (Lipinski definition) is 1. The SMILES string of the molecule is Cn1ccc(Nc2ncc(C(F)(F)F)c(N3OCCC3c3ccccc3)n2)n1. The fourth-order valence-electron chi connectivity index (χ4n) is 3.05. The second kappa shape index (κ2) is 7.12. The van der Waals surface area contributed by atoms with Gasteiger partial charge in [0, 0.05) is 31.9 Å². The van der Waals surface area contributed by atoms with Crippen molar-refractivity contribution < 1.29 is 18.0 Å². The number of halogens is 3. The van der Waals surface area contributed by atoms with E-state index >= 15 is 0 Å². The van der Waals surface area contributed by atoms with Crippen LogP contribution < -0.4 is 10.4 Å². The van der Waals surface area contributed by atoms with Gasteiger partial charge in [0.15, 0.2) is 11.6 Å². The van der Waals surface area contributed by atoms with Gasteiger partial charge in [-0.15, -0.1) is 0 Å². The highest BCUT2D eigenvalue weighted by Gasteiger charge is 2.40. The summed E-state index contributed by atoms with van der Waals surface area (Å²) in [5.74, 6) is 0.103. The summed E-state index contributed by atoms with van der Waals surface area (Å²) in [5.41, 5.74) is -0.104. The summed E-state index contributed by atoms with van der Waals surface area (Å²) in [6, 6.07) is 10.5. The van der Waals surface area contributed by atoms with Crippen molar-refractivity contribution in [1.82, 2.24) is 19.7 Å². The van der Waals surface area contributed by atoms with Crippen molar-refractivity contribution in [1.29, 1.82) is 0 Å². The van der Waals surface area contributed by atoms with Gasteiger partial charge in [0.25, 0.3) is 0 Å². The third kappa shape index (κ3) is 3.63. The number of alkyl halides is 3. The molecule has 0 amide bonds. The van der Waals surface area contributed by atoms with Crippen LogP contribution in [0.25, 0.3) is 0 Å². The van der Waals surface area contributed by atoms with Gasteiger partial charge in [-0.2, -0.15) is 23.3 Å². The lowest BCUT2D eigenvalue weighted by molar-refractivity contribution is -0.138. The zero-order valence-electron chi connectivity index (χ0n) is 14.9. The minimum Gasteiger partial charge on any atom is -0.307 e. The summed E-state index contributed by atoms with van der Waals surface area (Å²) in [4.78, 5) is 13.5. The van der Waals surface area contributed by atoms with E-state index in [1.54, 1.807) is 24.0 Å². The lowest BCUT2D eigenvalue weighted by atomic mass is 10.0. The van der Waals surface area contributed by atoms with E-state index in [0.717, 1.165) is 11.8 Å². The zero-order valence-corrected chi connectivity index (χ0v) is 14.9. The molecule has 0 saturated carbocycles. The Bertz CT molecular complexity index is 959. The summed E-state index contributed by atoms with van der Waals surface area (Å²) in [5, 5.41) is 8.17. The number of hydrogen-bond acceptors (Lipinski definition) is 6. The minimum absolute atomic E-state index is 0.00371. The van der Waals surface area contributed by atoms with Gasteiger partial charge in [-0.1, -0.05) is 30.3 Å². The third-order valence-electron chi connectivity index (χ3n) is 4.33. The highest BCUT2D eigenvalue weighted by atomic mass is 19.4. The largest absolute Gasteiger partial charge is 0.421 e. The molecule has 146 valence electrons. The van der Waals surface area contributed by atoms with Gasteiger partial charge in [0.2, 0.25) is 5.95 Å². The quantitative estimate of drug-likeness (QED) is 0.730. The van der Waals surface area contributed by atoms with E-state index in [2.05, 4.69) is 20.4 Å². The Morgan fingerprint density at radius 2 is 1.96 bits per heavy atom. The maximum atomic E-state index is 13.6. The molecular formula is C18H17F3N6O. The highest BCUT2D eigenvalue weighted by Crippen LogP contribution is 2.41. The summed E-state index contributed by atoms with van der Waals surface area (Å²) in [7, 11) is 1.73. The number of benzene rings is 1. The molecule has 1 aromatic carbocycles. The first-order valence-corrected chi connectivity index (χ1v) is 8.60. The number of rotatable bonds is 4. The van der Waals surface area contributed by atoms with Crippen molar-refractivity contribution in [2.45, 2.75) is 18.6 Å². The van der Waals surface area contributed by atoms with E-state index in [9.17, 15) is 13.2 Å². The molecule has 3 heterocycles. The molecule has 0 radical (unpaired) electrons. The van der Waals surface area contributed by atoms with Gasteiger partial charge in [-0.05, 0) is 5.56 Å². The fraction of sp³-hybridized carbons (Fsp3) is 0.278. The van der Waals surface area contributed by atoms with Crippen LogP contribution in [0.5, 0.6) is 0 Å². The monoisotopic (exact) mass is 390 g/mol. The van der Waals surface area contributed by atoms with Gasteiger partial charge >= 0.3 is 6.18 Å². The minimum atomic E-state index is -4.62. The van der Waals surface area contributed by atoms with Crippen LogP contribution in [-0.2, 0) is 18.1 Å². The molecule has 0 aliphatic carbocycles. The molecule has 0 spiro atoms. The molecule has 1 fully saturated rings. The van der Waals surface area contributed by atoms with Crippen molar-refractivity contribution in [3.63, 3.8) is 0 Å². The maximum Gasteiger partial charge on any atom is 0.421 e. The number of aromatic nitrogens is 4. The van der Waals surface area contributed by atoms with Crippen LogP contribution in [0.15, 0.2) is 48.8 Å². The molecule has 7 nitrogen and oxygen atoms in total. The standard InChI is InChI=1S/C18H17F3N6O/c1-26-9-7-15(25-26)23-17-22-11-13(18(19,20)21)16(24-17)27-14(8-10-28-27)12-5-3-2-4-6-12/h2-7,9,11,14H,8,10H2,1H3,(H,22,23,24,25). The van der Waals surface area contributed by atoms with Gasteiger partial charge in [0.05, 0.1) is 12.6 Å². The van der Waals surface area contributed by atoms with Gasteiger partial charge < -0.3 is 5.32 Å². The topological polar surface area (TPSA) is 68.1 Å². The first kappa shape index (κ1) is 18.2. The predicted molar refractivity (Wildman–Crippen MR) is 95.8 cm³/mol. The predicted octanol–water partition coefficient (Wildman–Crippen LogP) is 3.86. The van der Waals surface area contributed by atoms with Crippen LogP contribution in [-0.4, -0.2) is 26.4 Å². The van der Waals surface area contributed by atoms with Crippen molar-refractivity contribution in [3.8, 4) is 0 Å². The van der Waals surface area contributed by atoms with E-state index in [-0.39, 0.29) is 17.8 Å². The molecule has 0 bridgehead atoms. The molecule has 1 unspecified atom stereocenters. The number of nitrogens with zero attached hydrogens (tertiary/aromatic N) is 5. The average Bonchev–Trinajstić information content (AvgIpc) is 3.30. The summed E-state index contributed by atoms with van der Waals surface area (Å²) >= 11 is 0. The second-order valence-electron chi connectivity index (χ2n) is 6.30. The normalized spacial score (nSPS) is 17.1. The van der Waals surface area contributed by atoms with Crippen molar-refractivity contribution >= 4 is 17.6 Å². The van der Waals surface area contributed by atoms with Crippen LogP contribution in [0.2, 0.25) is 0 Å². The van der Waals surface area contributed by atoms with E-state index in [1.165, 1.54) is 5.06 Å². The fourth-order valence-corrected chi connectivity index (χ4v) is 3.05. The Morgan fingerprint density at radius 3 is 2.64 bits per heavy atom. The molecule has 1 aliphatic rings. The molecule has 1 atom stereocenters. The molecule has 1 saturated heterocycles. The summed E-state index contributed by atoms with van der Waals surface area (Å²) in [6.07, 6.45) is -1.61. The average molecular weight is 390 g/mol. The Balaban J connectivity index is 1.73. The summed E-state index contributed by atoms with van der Waals surface area (Å²) in [6.45, 7) is 0.295. The molecule has 10 heteroatoms. The lowest BCUT2D eigenvalue weighted by Crippen LogP contribution is -2.26. The molecular weight excluding hydrogens is 373 g/mol. The molecule has 3 aromatic rings. The molecule has 4 rings (SSSR count). The van der Waals surface area contributed by atoms with Crippen LogP contribution in [0, 0.1) is 0 Å². The number of aryl methyl sites for hydroxylation is 1. The second-order valence-corrected chi connectivity index (χ2v) is 6.30. The molecule has 1 N–H and O–H groups in total. The van der Waals surface area contributed by atoms with Crippen LogP contribution in [0.4, 0.5) is 30.8 Å². The maximum absolute atomic E-state index is 13.6. The number of nitrogens with one attached hydrogen (secondary N) is 1. The van der Waals surface area contributed by atoms with Crippen molar-refractivity contribution in [2.24, 2.45) is 7.05 Å².